The summed E-state index contributed by atoms with van der Waals surface area (Å²) in [6.45, 7) is 5.97. The molecule has 0 radical (unpaired) electrons. The fourth-order valence-electron chi connectivity index (χ4n) is 2.36. The minimum Gasteiger partial charge on any atom is -0.483 e. The highest BCUT2D eigenvalue weighted by Gasteiger charge is 2.19. The molecule has 0 atom stereocenters. The third-order valence-electron chi connectivity index (χ3n) is 3.81. The van der Waals surface area contributed by atoms with Gasteiger partial charge in [-0.25, -0.2) is 0 Å². The van der Waals surface area contributed by atoms with Crippen LogP contribution in [0.1, 0.15) is 25.3 Å². The van der Waals surface area contributed by atoms with Crippen molar-refractivity contribution >= 4 is 39.2 Å². The summed E-state index contributed by atoms with van der Waals surface area (Å²) in [6.07, 6.45) is 2.23. The van der Waals surface area contributed by atoms with E-state index in [1.165, 1.54) is 0 Å². The summed E-state index contributed by atoms with van der Waals surface area (Å²) < 4.78 is 6.54. The Morgan fingerprint density at radius 3 is 2.77 bits per heavy atom. The maximum Gasteiger partial charge on any atom is 0.264 e. The van der Waals surface area contributed by atoms with Gasteiger partial charge >= 0.3 is 0 Å². The second kappa shape index (κ2) is 7.92. The fraction of sp³-hybridized carbons (Fsp3) is 0.500. The van der Waals surface area contributed by atoms with Gasteiger partial charge in [0.25, 0.3) is 5.91 Å². The Morgan fingerprint density at radius 1 is 1.45 bits per heavy atom. The van der Waals surface area contributed by atoms with Crippen molar-refractivity contribution in [3.63, 3.8) is 0 Å². The lowest BCUT2D eigenvalue weighted by Gasteiger charge is -2.32. The highest BCUT2D eigenvalue weighted by molar-refractivity contribution is 9.10. The third kappa shape index (κ3) is 4.95. The van der Waals surface area contributed by atoms with Gasteiger partial charge in [-0.05, 0) is 61.7 Å². The van der Waals surface area contributed by atoms with Gasteiger partial charge in [0.15, 0.2) is 11.7 Å². The molecule has 1 aromatic carbocycles. The quantitative estimate of drug-likeness (QED) is 0.811. The molecule has 1 aromatic rings. The van der Waals surface area contributed by atoms with Crippen LogP contribution < -0.4 is 10.1 Å². The van der Waals surface area contributed by atoms with Gasteiger partial charge in [-0.15, -0.1) is 0 Å². The Balaban J connectivity index is 1.79. The first-order valence-corrected chi connectivity index (χ1v) is 8.63. The Morgan fingerprint density at radius 2 is 2.14 bits per heavy atom. The van der Waals surface area contributed by atoms with E-state index in [1.54, 1.807) is 0 Å². The molecule has 1 aliphatic rings. The summed E-state index contributed by atoms with van der Waals surface area (Å²) in [5, 5.41) is 3.26. The number of benzene rings is 1. The lowest BCUT2D eigenvalue weighted by atomic mass is 10.00. The molecule has 0 spiro atoms. The molecule has 1 saturated heterocycles. The normalized spacial score (nSPS) is 15.5. The lowest BCUT2D eigenvalue weighted by molar-refractivity contribution is -0.121. The Hall–Kier alpha value is -1.14. The average molecular weight is 385 g/mol. The van der Waals surface area contributed by atoms with Crippen LogP contribution in [0.5, 0.6) is 5.75 Å². The second-order valence-electron chi connectivity index (χ2n) is 5.72. The van der Waals surface area contributed by atoms with Crippen molar-refractivity contribution in [2.75, 3.05) is 19.7 Å². The number of carbonyl (C=O) groups excluding carboxylic acids is 1. The summed E-state index contributed by atoms with van der Waals surface area (Å²) in [5.74, 6) is 1.22. The van der Waals surface area contributed by atoms with E-state index in [0.717, 1.165) is 41.9 Å². The molecule has 0 aromatic heterocycles. The molecule has 0 saturated carbocycles. The van der Waals surface area contributed by atoms with Crippen molar-refractivity contribution in [3.8, 4) is 5.75 Å². The fourth-order valence-corrected chi connectivity index (χ4v) is 3.14. The van der Waals surface area contributed by atoms with Gasteiger partial charge in [-0.2, -0.15) is 0 Å². The number of ether oxygens (including phenoxy) is 1. The first kappa shape index (κ1) is 17.2. The highest BCUT2D eigenvalue weighted by atomic mass is 79.9. The molecule has 1 heterocycles. The maximum atomic E-state index is 12.0. The number of halogens is 1. The van der Waals surface area contributed by atoms with Crippen molar-refractivity contribution in [1.82, 2.24) is 10.2 Å². The van der Waals surface area contributed by atoms with Crippen LogP contribution in [0, 0.1) is 12.8 Å². The molecule has 2 rings (SSSR count). The van der Waals surface area contributed by atoms with Crippen molar-refractivity contribution < 1.29 is 9.53 Å². The number of carbonyl (C=O) groups is 1. The molecule has 0 unspecified atom stereocenters. The number of likely N-dealkylation sites (tertiary alicyclic amines) is 1. The van der Waals surface area contributed by atoms with Crippen LogP contribution in [0.3, 0.4) is 0 Å². The Labute approximate surface area is 145 Å². The minimum atomic E-state index is -0.217. The standard InChI is InChI=1S/C16H21BrN2O2S/c1-11-5-7-19(8-6-11)16(22)18-15(20)10-21-14-4-3-13(17)9-12(14)2/h3-4,9,11H,5-8,10H2,1-2H3,(H,18,20,22). The monoisotopic (exact) mass is 384 g/mol. The summed E-state index contributed by atoms with van der Waals surface area (Å²) in [7, 11) is 0. The van der Waals surface area contributed by atoms with E-state index in [0.29, 0.717) is 10.9 Å². The molecule has 0 bridgehead atoms. The molecule has 22 heavy (non-hydrogen) atoms. The van der Waals surface area contributed by atoms with Crippen molar-refractivity contribution in [3.05, 3.63) is 28.2 Å². The van der Waals surface area contributed by atoms with Crippen LogP contribution in [-0.2, 0) is 4.79 Å². The number of hydrogen-bond acceptors (Lipinski definition) is 3. The predicted molar refractivity (Wildman–Crippen MR) is 95.1 cm³/mol. The van der Waals surface area contributed by atoms with Crippen LogP contribution in [0.2, 0.25) is 0 Å². The molecule has 6 heteroatoms. The SMILES string of the molecule is Cc1cc(Br)ccc1OCC(=O)NC(=S)N1CCC(C)CC1. The number of hydrogen-bond donors (Lipinski definition) is 1. The zero-order chi connectivity index (χ0) is 16.1. The Kier molecular flexibility index (Phi) is 6.20. The molecule has 4 nitrogen and oxygen atoms in total. The lowest BCUT2D eigenvalue weighted by Crippen LogP contribution is -2.47. The van der Waals surface area contributed by atoms with Crippen LogP contribution in [-0.4, -0.2) is 35.6 Å². The van der Waals surface area contributed by atoms with Gasteiger partial charge in [0.2, 0.25) is 0 Å². The first-order chi connectivity index (χ1) is 10.5. The van der Waals surface area contributed by atoms with E-state index in [4.69, 9.17) is 17.0 Å². The zero-order valence-corrected chi connectivity index (χ0v) is 15.3. The van der Waals surface area contributed by atoms with Gasteiger partial charge in [0.05, 0.1) is 0 Å². The largest absolute Gasteiger partial charge is 0.483 e. The minimum absolute atomic E-state index is 0.0349. The molecule has 1 fully saturated rings. The number of thiocarbonyl (C=S) groups is 1. The molecule has 1 N–H and O–H groups in total. The van der Waals surface area contributed by atoms with Gasteiger partial charge < -0.3 is 15.0 Å². The van der Waals surface area contributed by atoms with Crippen LogP contribution in [0.25, 0.3) is 0 Å². The van der Waals surface area contributed by atoms with Crippen molar-refractivity contribution in [2.45, 2.75) is 26.7 Å². The summed E-state index contributed by atoms with van der Waals surface area (Å²) in [4.78, 5) is 14.0. The second-order valence-corrected chi connectivity index (χ2v) is 7.02. The van der Waals surface area contributed by atoms with Crippen LogP contribution >= 0.6 is 28.1 Å². The number of rotatable bonds is 3. The van der Waals surface area contributed by atoms with Gasteiger partial charge in [-0.3, -0.25) is 4.79 Å². The number of aryl methyl sites for hydroxylation is 1. The van der Waals surface area contributed by atoms with Gasteiger partial charge in [-0.1, -0.05) is 22.9 Å². The number of amides is 1. The van der Waals surface area contributed by atoms with E-state index in [1.807, 2.05) is 25.1 Å². The molecule has 1 aliphatic heterocycles. The van der Waals surface area contributed by atoms with E-state index < -0.39 is 0 Å². The number of piperidine rings is 1. The van der Waals surface area contributed by atoms with Crippen molar-refractivity contribution in [2.24, 2.45) is 5.92 Å². The summed E-state index contributed by atoms with van der Waals surface area (Å²) in [6, 6.07) is 5.68. The Bertz CT molecular complexity index is 557. The van der Waals surface area contributed by atoms with Crippen LogP contribution in [0.4, 0.5) is 0 Å². The molecule has 0 aliphatic carbocycles. The molecule has 120 valence electrons. The third-order valence-corrected chi connectivity index (χ3v) is 4.67. The van der Waals surface area contributed by atoms with E-state index >= 15 is 0 Å². The van der Waals surface area contributed by atoms with Gasteiger partial charge in [0.1, 0.15) is 5.75 Å². The van der Waals surface area contributed by atoms with Crippen LogP contribution in [0.15, 0.2) is 22.7 Å². The zero-order valence-electron chi connectivity index (χ0n) is 12.9. The number of nitrogens with zero attached hydrogens (tertiary/aromatic N) is 1. The first-order valence-electron chi connectivity index (χ1n) is 7.43. The number of nitrogens with one attached hydrogen (secondary N) is 1. The average Bonchev–Trinajstić information content (AvgIpc) is 2.47. The van der Waals surface area contributed by atoms with E-state index in [9.17, 15) is 4.79 Å². The summed E-state index contributed by atoms with van der Waals surface area (Å²) in [5.41, 5.74) is 0.981. The molecular formula is C16H21BrN2O2S. The topological polar surface area (TPSA) is 41.6 Å². The smallest absolute Gasteiger partial charge is 0.264 e. The maximum absolute atomic E-state index is 12.0. The highest BCUT2D eigenvalue weighted by Crippen LogP contribution is 2.22. The van der Waals surface area contributed by atoms with E-state index in [-0.39, 0.29) is 12.5 Å². The summed E-state index contributed by atoms with van der Waals surface area (Å²) >= 11 is 8.69. The molecular weight excluding hydrogens is 364 g/mol. The molecule has 1 amide bonds. The van der Waals surface area contributed by atoms with Gasteiger partial charge in [0, 0.05) is 17.6 Å². The predicted octanol–water partition coefficient (Wildman–Crippen LogP) is 3.27. The van der Waals surface area contributed by atoms with E-state index in [2.05, 4.69) is 33.1 Å². The van der Waals surface area contributed by atoms with Crippen molar-refractivity contribution in [1.29, 1.82) is 0 Å².